The summed E-state index contributed by atoms with van der Waals surface area (Å²) in [4.78, 5) is 20.9. The average molecular weight is 714 g/mol. The fourth-order valence-electron chi connectivity index (χ4n) is 7.49. The fourth-order valence-corrected chi connectivity index (χ4v) is 9.74. The normalized spacial score (nSPS) is 11.8. The van der Waals surface area contributed by atoms with Crippen molar-refractivity contribution in [3.05, 3.63) is 164 Å². The molecular formula is C46H27N5S2. The maximum atomic E-state index is 5.27. The predicted molar refractivity (Wildman–Crippen MR) is 222 cm³/mol. The molecule has 5 nitrogen and oxygen atoms in total. The van der Waals surface area contributed by atoms with E-state index in [0.717, 1.165) is 55.6 Å². The van der Waals surface area contributed by atoms with E-state index in [4.69, 9.17) is 19.9 Å². The first-order valence-electron chi connectivity index (χ1n) is 17.5. The number of nitrogens with zero attached hydrogens (tertiary/aromatic N) is 5. The fraction of sp³-hybridized carbons (Fsp3) is 0. The van der Waals surface area contributed by atoms with Gasteiger partial charge in [-0.2, -0.15) is 0 Å². The van der Waals surface area contributed by atoms with E-state index in [1.54, 1.807) is 11.3 Å². The molecule has 0 fully saturated rings. The van der Waals surface area contributed by atoms with E-state index in [1.807, 2.05) is 29.5 Å². The highest BCUT2D eigenvalue weighted by Gasteiger charge is 2.22. The Morgan fingerprint density at radius 1 is 0.396 bits per heavy atom. The molecule has 0 aliphatic heterocycles. The van der Waals surface area contributed by atoms with Crippen LogP contribution < -0.4 is 0 Å². The van der Waals surface area contributed by atoms with Gasteiger partial charge >= 0.3 is 0 Å². The second-order valence-corrected chi connectivity index (χ2v) is 15.2. The highest BCUT2D eigenvalue weighted by Crippen LogP contribution is 2.45. The lowest BCUT2D eigenvalue weighted by atomic mass is 10.0. The van der Waals surface area contributed by atoms with Gasteiger partial charge in [-0.1, -0.05) is 103 Å². The largest absolute Gasteiger partial charge is 0.292 e. The van der Waals surface area contributed by atoms with E-state index >= 15 is 0 Å². The molecule has 11 rings (SSSR count). The van der Waals surface area contributed by atoms with E-state index in [0.29, 0.717) is 17.5 Å². The van der Waals surface area contributed by atoms with Crippen molar-refractivity contribution < 1.29 is 0 Å². The maximum absolute atomic E-state index is 5.27. The molecule has 0 spiro atoms. The minimum atomic E-state index is 0.640. The molecular weight excluding hydrogens is 687 g/mol. The Hall–Kier alpha value is -6.54. The van der Waals surface area contributed by atoms with Gasteiger partial charge in [0.2, 0.25) is 0 Å². The summed E-state index contributed by atoms with van der Waals surface area (Å²) in [6, 6.07) is 57.2. The Morgan fingerprint density at radius 2 is 1.00 bits per heavy atom. The van der Waals surface area contributed by atoms with Gasteiger partial charge in [-0.15, -0.1) is 22.7 Å². The van der Waals surface area contributed by atoms with Gasteiger partial charge in [-0.05, 0) is 60.7 Å². The van der Waals surface area contributed by atoms with Crippen molar-refractivity contribution in [2.45, 2.75) is 0 Å². The zero-order chi connectivity index (χ0) is 34.9. The van der Waals surface area contributed by atoms with Gasteiger partial charge in [0, 0.05) is 68.3 Å². The van der Waals surface area contributed by atoms with Gasteiger partial charge in [0.1, 0.15) is 5.82 Å². The lowest BCUT2D eigenvalue weighted by Crippen LogP contribution is -2.00. The summed E-state index contributed by atoms with van der Waals surface area (Å²) < 4.78 is 7.14. The van der Waals surface area contributed by atoms with Gasteiger partial charge in [0.25, 0.3) is 0 Å². The third-order valence-electron chi connectivity index (χ3n) is 9.88. The van der Waals surface area contributed by atoms with Crippen molar-refractivity contribution in [2.75, 3.05) is 0 Å². The van der Waals surface area contributed by atoms with Gasteiger partial charge in [0.05, 0.1) is 11.0 Å². The standard InChI is InChI=1S/C46H27N5S2/c1-3-13-28(14-4-1)43-48-44(29-25-26-38-34(27-29)31-17-7-10-22-37(31)52-38)50-45(49-43)32-18-11-23-39-41(32)42-33(19-12-24-40(42)53-39)46-47-35-20-8-9-21-36(35)51(46)30-15-5-2-6-16-30/h1-27H. The van der Waals surface area contributed by atoms with E-state index in [9.17, 15) is 0 Å². The Morgan fingerprint density at radius 3 is 1.83 bits per heavy atom. The quantitative estimate of drug-likeness (QED) is 0.178. The summed E-state index contributed by atoms with van der Waals surface area (Å²) in [5.41, 5.74) is 7.02. The zero-order valence-corrected chi connectivity index (χ0v) is 29.8. The first-order valence-corrected chi connectivity index (χ1v) is 19.1. The van der Waals surface area contributed by atoms with Crippen LogP contribution in [0.4, 0.5) is 0 Å². The molecule has 4 heterocycles. The average Bonchev–Trinajstić information content (AvgIpc) is 3.92. The molecule has 0 aliphatic carbocycles. The summed E-state index contributed by atoms with van der Waals surface area (Å²) in [7, 11) is 0. The zero-order valence-electron chi connectivity index (χ0n) is 28.1. The molecule has 0 radical (unpaired) electrons. The summed E-state index contributed by atoms with van der Waals surface area (Å²) in [5, 5.41) is 4.72. The van der Waals surface area contributed by atoms with Crippen molar-refractivity contribution in [3.63, 3.8) is 0 Å². The maximum Gasteiger partial charge on any atom is 0.164 e. The minimum absolute atomic E-state index is 0.640. The number of imidazole rings is 1. The number of fused-ring (bicyclic) bond motifs is 7. The van der Waals surface area contributed by atoms with E-state index in [-0.39, 0.29) is 0 Å². The van der Waals surface area contributed by atoms with Gasteiger partial charge < -0.3 is 0 Å². The summed E-state index contributed by atoms with van der Waals surface area (Å²) in [5.74, 6) is 2.83. The lowest BCUT2D eigenvalue weighted by Gasteiger charge is -2.12. The molecule has 0 unspecified atom stereocenters. The van der Waals surface area contributed by atoms with Gasteiger partial charge in [0.15, 0.2) is 17.5 Å². The van der Waals surface area contributed by atoms with Crippen molar-refractivity contribution in [1.82, 2.24) is 24.5 Å². The number of rotatable bonds is 5. The van der Waals surface area contributed by atoms with Crippen LogP contribution in [-0.2, 0) is 0 Å². The Balaban J connectivity index is 1.18. The highest BCUT2D eigenvalue weighted by atomic mass is 32.1. The summed E-state index contributed by atoms with van der Waals surface area (Å²) in [6.07, 6.45) is 0. The van der Waals surface area contributed by atoms with E-state index < -0.39 is 0 Å². The van der Waals surface area contributed by atoms with Crippen molar-refractivity contribution >= 4 is 74.1 Å². The smallest absolute Gasteiger partial charge is 0.164 e. The van der Waals surface area contributed by atoms with Crippen molar-refractivity contribution in [1.29, 1.82) is 0 Å². The Kier molecular flexibility index (Phi) is 6.83. The minimum Gasteiger partial charge on any atom is -0.292 e. The number of thiophene rings is 2. The van der Waals surface area contributed by atoms with Crippen molar-refractivity contribution in [3.8, 4) is 51.2 Å². The van der Waals surface area contributed by atoms with Crippen LogP contribution in [0, 0.1) is 0 Å². The van der Waals surface area contributed by atoms with Crippen molar-refractivity contribution in [2.24, 2.45) is 0 Å². The molecule has 0 saturated heterocycles. The molecule has 0 N–H and O–H groups in total. The van der Waals surface area contributed by atoms with E-state index in [1.165, 1.54) is 29.6 Å². The first-order chi connectivity index (χ1) is 26.3. The molecule has 0 atom stereocenters. The number of para-hydroxylation sites is 3. The molecule has 11 aromatic rings. The van der Waals surface area contributed by atoms with Crippen LogP contribution in [0.1, 0.15) is 0 Å². The molecule has 7 aromatic carbocycles. The highest BCUT2D eigenvalue weighted by molar-refractivity contribution is 7.26. The molecule has 248 valence electrons. The molecule has 0 bridgehead atoms. The van der Waals surface area contributed by atoms with Crippen LogP contribution in [0.25, 0.3) is 103 Å². The SMILES string of the molecule is c1ccc(-c2nc(-c3ccc4sc5ccccc5c4c3)nc(-c3cccc4sc5cccc(-c6nc7ccccc7n6-c6ccccc6)c5c34)n2)cc1. The molecule has 0 aliphatic rings. The predicted octanol–water partition coefficient (Wildman–Crippen LogP) is 12.6. The van der Waals surface area contributed by atoms with E-state index in [2.05, 4.69) is 150 Å². The third kappa shape index (κ3) is 4.89. The van der Waals surface area contributed by atoms with Gasteiger partial charge in [-0.25, -0.2) is 19.9 Å². The monoisotopic (exact) mass is 713 g/mol. The summed E-state index contributed by atoms with van der Waals surface area (Å²) in [6.45, 7) is 0. The molecule has 4 aromatic heterocycles. The summed E-state index contributed by atoms with van der Waals surface area (Å²) >= 11 is 3.60. The van der Waals surface area contributed by atoms with Crippen LogP contribution in [0.2, 0.25) is 0 Å². The van der Waals surface area contributed by atoms with Crippen LogP contribution in [-0.4, -0.2) is 24.5 Å². The van der Waals surface area contributed by atoms with Crippen LogP contribution >= 0.6 is 22.7 Å². The second kappa shape index (κ2) is 12.0. The lowest BCUT2D eigenvalue weighted by molar-refractivity contribution is 1.08. The van der Waals surface area contributed by atoms with Crippen LogP contribution in [0.15, 0.2) is 164 Å². The first kappa shape index (κ1) is 30.1. The Labute approximate surface area is 312 Å². The van der Waals surface area contributed by atoms with Gasteiger partial charge in [-0.3, -0.25) is 4.57 Å². The molecule has 0 saturated carbocycles. The number of hydrogen-bond donors (Lipinski definition) is 0. The van der Waals surface area contributed by atoms with Crippen LogP contribution in [0.3, 0.4) is 0 Å². The number of hydrogen-bond acceptors (Lipinski definition) is 6. The second-order valence-electron chi connectivity index (χ2n) is 13.0. The Bertz CT molecular complexity index is 3180. The molecule has 53 heavy (non-hydrogen) atoms. The third-order valence-corrected chi connectivity index (χ3v) is 12.2. The number of benzene rings is 7. The number of aromatic nitrogens is 5. The van der Waals surface area contributed by atoms with Crippen LogP contribution in [0.5, 0.6) is 0 Å². The topological polar surface area (TPSA) is 56.5 Å². The molecule has 0 amide bonds. The molecule has 7 heteroatoms.